The molecule has 0 saturated heterocycles. The van der Waals surface area contributed by atoms with Crippen LogP contribution in [-0.2, 0) is 0 Å². The maximum atomic E-state index is 5.47. The Balaban J connectivity index is 3.86. The first-order valence-corrected chi connectivity index (χ1v) is 2.85. The highest BCUT2D eigenvalue weighted by Gasteiger charge is 1.89. The molecule has 3 N–H and O–H groups in total. The molecule has 2 heteroatoms. The van der Waals surface area contributed by atoms with Crippen molar-refractivity contribution in [2.75, 3.05) is 7.05 Å². The summed E-state index contributed by atoms with van der Waals surface area (Å²) in [4.78, 5) is 0. The molecule has 48 valence electrons. The Morgan fingerprint density at radius 3 is 2.12 bits per heavy atom. The van der Waals surface area contributed by atoms with Crippen molar-refractivity contribution in [2.45, 2.75) is 20.3 Å². The number of rotatable bonds is 2. The molecule has 0 radical (unpaired) electrons. The van der Waals surface area contributed by atoms with Gasteiger partial charge in [-0.1, -0.05) is 6.92 Å². The zero-order valence-electron chi connectivity index (χ0n) is 5.78. The van der Waals surface area contributed by atoms with Crippen LogP contribution in [0.1, 0.15) is 20.3 Å². The van der Waals surface area contributed by atoms with Crippen molar-refractivity contribution in [3.8, 4) is 0 Å². The van der Waals surface area contributed by atoms with Crippen LogP contribution in [-0.4, -0.2) is 7.05 Å². The average molecular weight is 114 g/mol. The van der Waals surface area contributed by atoms with E-state index in [0.29, 0.717) is 0 Å². The van der Waals surface area contributed by atoms with E-state index in [4.69, 9.17) is 5.73 Å². The largest absolute Gasteiger partial charge is 0.401 e. The summed E-state index contributed by atoms with van der Waals surface area (Å²) in [6.45, 7) is 3.97. The Labute approximate surface area is 50.8 Å². The van der Waals surface area contributed by atoms with E-state index in [0.717, 1.165) is 17.8 Å². The van der Waals surface area contributed by atoms with E-state index in [1.54, 1.807) is 0 Å². The summed E-state index contributed by atoms with van der Waals surface area (Å²) in [6, 6.07) is 0. The Morgan fingerprint density at radius 1 is 1.62 bits per heavy atom. The zero-order chi connectivity index (χ0) is 6.57. The summed E-state index contributed by atoms with van der Waals surface area (Å²) in [5.74, 6) is 0. The van der Waals surface area contributed by atoms with Crippen molar-refractivity contribution in [2.24, 2.45) is 5.73 Å². The molecule has 0 aromatic heterocycles. The van der Waals surface area contributed by atoms with Gasteiger partial charge in [-0.15, -0.1) is 0 Å². The summed E-state index contributed by atoms with van der Waals surface area (Å²) in [6.07, 6.45) is 0.985. The first-order chi connectivity index (χ1) is 3.72. The summed E-state index contributed by atoms with van der Waals surface area (Å²) in [5.41, 5.74) is 7.49. The molecular formula is C6H14N2. The minimum Gasteiger partial charge on any atom is -0.401 e. The second-order valence-electron chi connectivity index (χ2n) is 1.77. The predicted octanol–water partition coefficient (Wildman–Crippen LogP) is 0.806. The smallest absolute Gasteiger partial charge is 0.0289 e. The van der Waals surface area contributed by atoms with Crippen LogP contribution < -0.4 is 11.1 Å². The van der Waals surface area contributed by atoms with Crippen LogP contribution in [0.4, 0.5) is 0 Å². The van der Waals surface area contributed by atoms with Gasteiger partial charge in [0.15, 0.2) is 0 Å². The number of allylic oxidation sites excluding steroid dienone is 2. The van der Waals surface area contributed by atoms with Crippen LogP contribution in [0.3, 0.4) is 0 Å². The van der Waals surface area contributed by atoms with Gasteiger partial charge in [-0.3, -0.25) is 0 Å². The summed E-state index contributed by atoms with van der Waals surface area (Å²) in [7, 11) is 1.88. The van der Waals surface area contributed by atoms with Gasteiger partial charge >= 0.3 is 0 Å². The molecule has 0 aliphatic heterocycles. The van der Waals surface area contributed by atoms with E-state index in [-0.39, 0.29) is 0 Å². The molecule has 0 atom stereocenters. The molecule has 0 heterocycles. The average Bonchev–Trinajstić information content (AvgIpc) is 1.69. The van der Waals surface area contributed by atoms with Crippen LogP contribution in [0.2, 0.25) is 0 Å². The van der Waals surface area contributed by atoms with Crippen molar-refractivity contribution in [3.05, 3.63) is 11.4 Å². The van der Waals surface area contributed by atoms with Gasteiger partial charge in [-0.25, -0.2) is 0 Å². The summed E-state index contributed by atoms with van der Waals surface area (Å²) >= 11 is 0. The zero-order valence-corrected chi connectivity index (χ0v) is 5.78. The minimum atomic E-state index is 0.884. The number of nitrogens with one attached hydrogen (secondary N) is 1. The van der Waals surface area contributed by atoms with E-state index >= 15 is 0 Å². The number of hydrogen-bond donors (Lipinski definition) is 2. The lowest BCUT2D eigenvalue weighted by Gasteiger charge is -2.03. The third-order valence-corrected chi connectivity index (χ3v) is 1.13. The van der Waals surface area contributed by atoms with Crippen molar-refractivity contribution in [1.82, 2.24) is 5.32 Å². The molecule has 8 heavy (non-hydrogen) atoms. The van der Waals surface area contributed by atoms with Crippen molar-refractivity contribution in [1.29, 1.82) is 0 Å². The predicted molar refractivity (Wildman–Crippen MR) is 36.2 cm³/mol. The van der Waals surface area contributed by atoms with E-state index in [1.807, 2.05) is 14.0 Å². The van der Waals surface area contributed by atoms with Gasteiger partial charge < -0.3 is 11.1 Å². The lowest BCUT2D eigenvalue weighted by Crippen LogP contribution is -2.10. The van der Waals surface area contributed by atoms with Crippen molar-refractivity contribution < 1.29 is 0 Å². The molecule has 0 fully saturated rings. The third kappa shape index (κ3) is 1.87. The SMILES string of the molecule is CC/C(NC)=C(\C)N. The first kappa shape index (κ1) is 7.34. The molecular weight excluding hydrogens is 100 g/mol. The lowest BCUT2D eigenvalue weighted by atomic mass is 10.3. The molecule has 2 nitrogen and oxygen atoms in total. The first-order valence-electron chi connectivity index (χ1n) is 2.85. The van der Waals surface area contributed by atoms with Gasteiger partial charge in [0, 0.05) is 18.4 Å². The van der Waals surface area contributed by atoms with E-state index in [1.165, 1.54) is 0 Å². The van der Waals surface area contributed by atoms with Crippen molar-refractivity contribution in [3.63, 3.8) is 0 Å². The third-order valence-electron chi connectivity index (χ3n) is 1.13. The Hall–Kier alpha value is -0.660. The molecule has 0 aromatic carbocycles. The second kappa shape index (κ2) is 3.36. The van der Waals surface area contributed by atoms with Crippen LogP contribution in [0, 0.1) is 0 Å². The summed E-state index contributed by atoms with van der Waals surface area (Å²) in [5, 5.41) is 3.01. The number of hydrogen-bond acceptors (Lipinski definition) is 2. The van der Waals surface area contributed by atoms with Crippen LogP contribution >= 0.6 is 0 Å². The highest BCUT2D eigenvalue weighted by molar-refractivity contribution is 5.04. The molecule has 0 aliphatic rings. The Kier molecular flexibility index (Phi) is 3.08. The van der Waals surface area contributed by atoms with Gasteiger partial charge in [0.1, 0.15) is 0 Å². The number of nitrogens with two attached hydrogens (primary N) is 1. The maximum absolute atomic E-state index is 5.47. The molecule has 0 rings (SSSR count). The molecule has 0 bridgehead atoms. The standard InChI is InChI=1S/C6H14N2/c1-4-6(8-3)5(2)7/h8H,4,7H2,1-3H3/b6-5-. The fourth-order valence-corrected chi connectivity index (χ4v) is 0.653. The van der Waals surface area contributed by atoms with Crippen molar-refractivity contribution >= 4 is 0 Å². The van der Waals surface area contributed by atoms with E-state index in [2.05, 4.69) is 12.2 Å². The molecule has 0 aromatic rings. The molecule has 0 amide bonds. The van der Waals surface area contributed by atoms with Gasteiger partial charge in [-0.2, -0.15) is 0 Å². The lowest BCUT2D eigenvalue weighted by molar-refractivity contribution is 0.868. The molecule has 0 spiro atoms. The fraction of sp³-hybridized carbons (Fsp3) is 0.667. The monoisotopic (exact) mass is 114 g/mol. The summed E-state index contributed by atoms with van der Waals surface area (Å²) < 4.78 is 0. The fourth-order valence-electron chi connectivity index (χ4n) is 0.653. The highest BCUT2D eigenvalue weighted by atomic mass is 14.9. The Bertz CT molecular complexity index is 84.7. The molecule has 0 saturated carbocycles. The van der Waals surface area contributed by atoms with E-state index < -0.39 is 0 Å². The second-order valence-corrected chi connectivity index (χ2v) is 1.77. The topological polar surface area (TPSA) is 38.0 Å². The van der Waals surface area contributed by atoms with Crippen LogP contribution in [0.15, 0.2) is 11.4 Å². The van der Waals surface area contributed by atoms with Gasteiger partial charge in [-0.05, 0) is 13.3 Å². The Morgan fingerprint density at radius 2 is 2.12 bits per heavy atom. The highest BCUT2D eigenvalue weighted by Crippen LogP contribution is 1.96. The van der Waals surface area contributed by atoms with Gasteiger partial charge in [0.05, 0.1) is 0 Å². The maximum Gasteiger partial charge on any atom is 0.0289 e. The molecule has 0 unspecified atom stereocenters. The molecule has 0 aliphatic carbocycles. The van der Waals surface area contributed by atoms with Gasteiger partial charge in [0.2, 0.25) is 0 Å². The van der Waals surface area contributed by atoms with Gasteiger partial charge in [0.25, 0.3) is 0 Å². The van der Waals surface area contributed by atoms with Crippen LogP contribution in [0.25, 0.3) is 0 Å². The quantitative estimate of drug-likeness (QED) is 0.557. The van der Waals surface area contributed by atoms with Crippen LogP contribution in [0.5, 0.6) is 0 Å². The normalized spacial score (nSPS) is 12.9. The minimum absolute atomic E-state index is 0.884. The van der Waals surface area contributed by atoms with E-state index in [9.17, 15) is 0 Å².